The van der Waals surface area contributed by atoms with Crippen LogP contribution < -0.4 is 15.4 Å². The molecule has 0 aromatic carbocycles. The molecular weight excluding hydrogens is 384 g/mol. The molecule has 2 rings (SSSR count). The standard InChI is InChI=1S/C17H28N6O2S2/c1-5-18-17(20-10-16-22-15(12-26-16)13(2)3)19-7-8-21-27(24,25)14-6-9-23(4)11-14/h6,9,11-13,21H,5,7-8,10H2,1-4H3,(H2,18,19,20). The van der Waals surface area contributed by atoms with E-state index in [-0.39, 0.29) is 11.4 Å². The molecule has 0 atom stereocenters. The molecule has 0 aliphatic rings. The van der Waals surface area contributed by atoms with Gasteiger partial charge in [0, 0.05) is 44.5 Å². The topological polar surface area (TPSA) is 100 Å². The van der Waals surface area contributed by atoms with Crippen molar-refractivity contribution in [3.63, 3.8) is 0 Å². The van der Waals surface area contributed by atoms with E-state index >= 15 is 0 Å². The number of hydrogen-bond acceptors (Lipinski definition) is 5. The molecule has 150 valence electrons. The third kappa shape index (κ3) is 6.64. The molecular formula is C17H28N6O2S2. The maximum absolute atomic E-state index is 12.2. The lowest BCUT2D eigenvalue weighted by Gasteiger charge is -2.11. The molecule has 0 unspecified atom stereocenters. The van der Waals surface area contributed by atoms with Gasteiger partial charge >= 0.3 is 0 Å². The predicted molar refractivity (Wildman–Crippen MR) is 110 cm³/mol. The molecule has 27 heavy (non-hydrogen) atoms. The number of sulfonamides is 1. The van der Waals surface area contributed by atoms with Crippen molar-refractivity contribution in [2.75, 3.05) is 19.6 Å². The van der Waals surface area contributed by atoms with Crippen LogP contribution in [-0.2, 0) is 23.6 Å². The van der Waals surface area contributed by atoms with Gasteiger partial charge in [0.2, 0.25) is 10.0 Å². The largest absolute Gasteiger partial charge is 0.357 e. The van der Waals surface area contributed by atoms with E-state index in [0.717, 1.165) is 17.2 Å². The van der Waals surface area contributed by atoms with Crippen LogP contribution in [0.2, 0.25) is 0 Å². The molecule has 10 heteroatoms. The zero-order chi connectivity index (χ0) is 19.9. The Labute approximate surface area is 165 Å². The summed E-state index contributed by atoms with van der Waals surface area (Å²) in [7, 11) is -1.71. The zero-order valence-electron chi connectivity index (χ0n) is 16.2. The minimum absolute atomic E-state index is 0.260. The van der Waals surface area contributed by atoms with E-state index in [0.29, 0.717) is 25.0 Å². The van der Waals surface area contributed by atoms with E-state index in [9.17, 15) is 8.42 Å². The summed E-state index contributed by atoms with van der Waals surface area (Å²) < 4.78 is 28.6. The van der Waals surface area contributed by atoms with Crippen LogP contribution in [0.3, 0.4) is 0 Å². The summed E-state index contributed by atoms with van der Waals surface area (Å²) in [4.78, 5) is 9.34. The maximum Gasteiger partial charge on any atom is 0.242 e. The van der Waals surface area contributed by atoms with Gasteiger partial charge in [-0.25, -0.2) is 23.1 Å². The number of aromatic nitrogens is 2. The van der Waals surface area contributed by atoms with Crippen LogP contribution in [-0.4, -0.2) is 43.6 Å². The number of aryl methyl sites for hydroxylation is 1. The monoisotopic (exact) mass is 412 g/mol. The van der Waals surface area contributed by atoms with E-state index in [1.165, 1.54) is 0 Å². The average Bonchev–Trinajstić information content (AvgIpc) is 3.26. The molecule has 2 aromatic rings. The highest BCUT2D eigenvalue weighted by Gasteiger charge is 2.14. The number of nitrogens with one attached hydrogen (secondary N) is 3. The first-order chi connectivity index (χ1) is 12.8. The first kappa shape index (κ1) is 21.4. The molecule has 8 nitrogen and oxygen atoms in total. The van der Waals surface area contributed by atoms with Crippen molar-refractivity contribution in [1.82, 2.24) is 24.9 Å². The van der Waals surface area contributed by atoms with Crippen LogP contribution in [0.1, 0.15) is 37.4 Å². The van der Waals surface area contributed by atoms with Crippen molar-refractivity contribution in [3.05, 3.63) is 34.5 Å². The normalized spacial score (nSPS) is 12.6. The molecule has 0 saturated heterocycles. The first-order valence-corrected chi connectivity index (χ1v) is 11.3. The Hall–Kier alpha value is -1.91. The van der Waals surface area contributed by atoms with Crippen LogP contribution in [0.5, 0.6) is 0 Å². The van der Waals surface area contributed by atoms with Gasteiger partial charge in [0.1, 0.15) is 5.01 Å². The molecule has 0 radical (unpaired) electrons. The van der Waals surface area contributed by atoms with Crippen LogP contribution in [0.15, 0.2) is 33.7 Å². The van der Waals surface area contributed by atoms with Crippen molar-refractivity contribution < 1.29 is 8.42 Å². The summed E-state index contributed by atoms with van der Waals surface area (Å²) in [6.45, 7) is 8.10. The fourth-order valence-corrected chi connectivity index (χ4v) is 4.20. The predicted octanol–water partition coefficient (Wildman–Crippen LogP) is 1.64. The fourth-order valence-electron chi connectivity index (χ4n) is 2.24. The van der Waals surface area contributed by atoms with Crippen molar-refractivity contribution >= 4 is 27.3 Å². The van der Waals surface area contributed by atoms with E-state index < -0.39 is 10.0 Å². The Morgan fingerprint density at radius 2 is 2.11 bits per heavy atom. The smallest absolute Gasteiger partial charge is 0.242 e. The van der Waals surface area contributed by atoms with Crippen LogP contribution in [0.25, 0.3) is 0 Å². The highest BCUT2D eigenvalue weighted by atomic mass is 32.2. The van der Waals surface area contributed by atoms with Crippen molar-refractivity contribution in [1.29, 1.82) is 0 Å². The third-order valence-electron chi connectivity index (χ3n) is 3.70. The molecule has 2 heterocycles. The highest BCUT2D eigenvalue weighted by molar-refractivity contribution is 7.89. The number of rotatable bonds is 9. The summed E-state index contributed by atoms with van der Waals surface area (Å²) in [5.74, 6) is 1.04. The number of guanidine groups is 1. The van der Waals surface area contributed by atoms with Gasteiger partial charge in [0.25, 0.3) is 0 Å². The first-order valence-electron chi connectivity index (χ1n) is 8.90. The van der Waals surface area contributed by atoms with E-state index in [1.807, 2.05) is 6.92 Å². The Bertz CT molecular complexity index is 854. The Morgan fingerprint density at radius 1 is 1.33 bits per heavy atom. The fraction of sp³-hybridized carbons (Fsp3) is 0.529. The van der Waals surface area contributed by atoms with Gasteiger partial charge in [0.05, 0.1) is 17.1 Å². The lowest BCUT2D eigenvalue weighted by molar-refractivity contribution is 0.580. The summed E-state index contributed by atoms with van der Waals surface area (Å²) in [5, 5.41) is 9.31. The summed E-state index contributed by atoms with van der Waals surface area (Å²) >= 11 is 1.60. The van der Waals surface area contributed by atoms with Gasteiger partial charge in [-0.1, -0.05) is 13.8 Å². The molecule has 2 aromatic heterocycles. The van der Waals surface area contributed by atoms with Crippen molar-refractivity contribution in [3.8, 4) is 0 Å². The van der Waals surface area contributed by atoms with Gasteiger partial charge in [-0.3, -0.25) is 0 Å². The van der Waals surface area contributed by atoms with E-state index in [4.69, 9.17) is 0 Å². The minimum Gasteiger partial charge on any atom is -0.357 e. The minimum atomic E-state index is -3.49. The third-order valence-corrected chi connectivity index (χ3v) is 6.00. The Kier molecular flexibility index (Phi) is 7.81. The van der Waals surface area contributed by atoms with Gasteiger partial charge < -0.3 is 15.2 Å². The van der Waals surface area contributed by atoms with Crippen molar-refractivity contribution in [2.24, 2.45) is 12.0 Å². The van der Waals surface area contributed by atoms with Gasteiger partial charge in [-0.2, -0.15) is 0 Å². The van der Waals surface area contributed by atoms with E-state index in [2.05, 4.69) is 44.6 Å². The lowest BCUT2D eigenvalue weighted by atomic mass is 10.2. The molecule has 0 spiro atoms. The lowest BCUT2D eigenvalue weighted by Crippen LogP contribution is -2.41. The second-order valence-corrected chi connectivity index (χ2v) is 9.06. The number of hydrogen-bond donors (Lipinski definition) is 3. The SMILES string of the molecule is CCNC(=NCc1nc(C(C)C)cs1)NCCNS(=O)(=O)c1ccn(C)c1. The quantitative estimate of drug-likeness (QED) is 0.330. The Morgan fingerprint density at radius 3 is 2.70 bits per heavy atom. The second kappa shape index (κ2) is 9.86. The number of nitrogens with zero attached hydrogens (tertiary/aromatic N) is 3. The van der Waals surface area contributed by atoms with Crippen LogP contribution in [0.4, 0.5) is 0 Å². The van der Waals surface area contributed by atoms with Crippen LogP contribution in [0, 0.1) is 0 Å². The highest BCUT2D eigenvalue weighted by Crippen LogP contribution is 2.18. The van der Waals surface area contributed by atoms with Gasteiger partial charge in [0.15, 0.2) is 5.96 Å². The van der Waals surface area contributed by atoms with E-state index in [1.54, 1.807) is 41.4 Å². The molecule has 0 aliphatic heterocycles. The molecule has 0 saturated carbocycles. The molecule has 0 amide bonds. The van der Waals surface area contributed by atoms with Gasteiger partial charge in [-0.05, 0) is 18.9 Å². The zero-order valence-corrected chi connectivity index (χ0v) is 17.8. The summed E-state index contributed by atoms with van der Waals surface area (Å²) in [6, 6.07) is 1.57. The summed E-state index contributed by atoms with van der Waals surface area (Å²) in [5.41, 5.74) is 1.08. The Balaban J connectivity index is 1.84. The maximum atomic E-state index is 12.2. The molecule has 0 fully saturated rings. The second-order valence-electron chi connectivity index (χ2n) is 6.35. The molecule has 0 bridgehead atoms. The van der Waals surface area contributed by atoms with Crippen LogP contribution >= 0.6 is 11.3 Å². The molecule has 0 aliphatic carbocycles. The number of thiazole rings is 1. The van der Waals surface area contributed by atoms with Gasteiger partial charge in [-0.15, -0.1) is 11.3 Å². The summed E-state index contributed by atoms with van der Waals surface area (Å²) in [6.07, 6.45) is 3.27. The molecule has 3 N–H and O–H groups in total. The van der Waals surface area contributed by atoms with Crippen molar-refractivity contribution in [2.45, 2.75) is 38.1 Å². The number of aliphatic imine (C=N–C) groups is 1. The average molecular weight is 413 g/mol.